The molecule has 1 saturated heterocycles. The summed E-state index contributed by atoms with van der Waals surface area (Å²) in [5, 5.41) is 0. The number of para-hydroxylation sites is 1. The van der Waals surface area contributed by atoms with Crippen LogP contribution in [0.5, 0.6) is 0 Å². The van der Waals surface area contributed by atoms with Crippen LogP contribution in [0.1, 0.15) is 66.3 Å². The van der Waals surface area contributed by atoms with Gasteiger partial charge in [0.2, 0.25) is 5.91 Å². The lowest BCUT2D eigenvalue weighted by Crippen LogP contribution is -2.48. The van der Waals surface area contributed by atoms with Gasteiger partial charge in [-0.3, -0.25) is 25.3 Å². The van der Waals surface area contributed by atoms with Crippen LogP contribution in [0.3, 0.4) is 0 Å². The monoisotopic (exact) mass is 451 g/mol. The molecule has 7 heteroatoms. The molecule has 0 atom stereocenters. The third kappa shape index (κ3) is 5.77. The first-order valence-corrected chi connectivity index (χ1v) is 12.3. The lowest BCUT2D eigenvalue weighted by molar-refractivity contribution is -0.122. The van der Waals surface area contributed by atoms with Gasteiger partial charge >= 0.3 is 0 Å². The predicted molar refractivity (Wildman–Crippen MR) is 131 cm³/mol. The first kappa shape index (κ1) is 23.4. The summed E-state index contributed by atoms with van der Waals surface area (Å²) in [6.45, 7) is 8.55. The van der Waals surface area contributed by atoms with Gasteiger partial charge in [-0.15, -0.1) is 0 Å². The molecule has 1 saturated carbocycles. The molecule has 7 nitrogen and oxygen atoms in total. The number of aryl methyl sites for hydroxylation is 1. The minimum absolute atomic E-state index is 0.157. The van der Waals surface area contributed by atoms with E-state index in [0.717, 1.165) is 37.6 Å². The molecule has 0 spiro atoms. The van der Waals surface area contributed by atoms with Gasteiger partial charge in [0.1, 0.15) is 0 Å². The van der Waals surface area contributed by atoms with Gasteiger partial charge in [-0.2, -0.15) is 0 Å². The minimum Gasteiger partial charge on any atom is -0.369 e. The summed E-state index contributed by atoms with van der Waals surface area (Å²) in [7, 11) is 0. The van der Waals surface area contributed by atoms with Crippen LogP contribution in [0, 0.1) is 13.8 Å². The average molecular weight is 452 g/mol. The van der Waals surface area contributed by atoms with Crippen LogP contribution in [-0.2, 0) is 4.79 Å². The minimum atomic E-state index is -0.241. The third-order valence-corrected chi connectivity index (χ3v) is 7.13. The number of nitrogens with one attached hydrogen (secondary N) is 2. The van der Waals surface area contributed by atoms with Gasteiger partial charge in [0.25, 0.3) is 5.91 Å². The highest BCUT2D eigenvalue weighted by Crippen LogP contribution is 2.32. The van der Waals surface area contributed by atoms with Crippen molar-refractivity contribution in [3.63, 3.8) is 0 Å². The van der Waals surface area contributed by atoms with Gasteiger partial charge in [0, 0.05) is 62.3 Å². The van der Waals surface area contributed by atoms with Crippen molar-refractivity contribution in [1.82, 2.24) is 20.3 Å². The third-order valence-electron chi connectivity index (χ3n) is 7.13. The number of rotatable bonds is 6. The maximum Gasteiger partial charge on any atom is 0.271 e. The second-order valence-electron chi connectivity index (χ2n) is 9.36. The molecular formula is C26H37N5O2. The lowest BCUT2D eigenvalue weighted by Gasteiger charge is -2.36. The summed E-state index contributed by atoms with van der Waals surface area (Å²) in [5.74, 6) is -0.398. The van der Waals surface area contributed by atoms with Crippen molar-refractivity contribution in [3.8, 4) is 0 Å². The Labute approximate surface area is 197 Å². The van der Waals surface area contributed by atoms with Crippen molar-refractivity contribution in [2.45, 2.75) is 58.4 Å². The van der Waals surface area contributed by atoms with Crippen molar-refractivity contribution in [3.05, 3.63) is 53.3 Å². The number of hydrogen-bond acceptors (Lipinski definition) is 4. The van der Waals surface area contributed by atoms with Gasteiger partial charge < -0.3 is 9.47 Å². The number of benzene rings is 1. The van der Waals surface area contributed by atoms with E-state index in [1.807, 2.05) is 19.1 Å². The SMILES string of the molecule is Cc1cc(C(=O)NNC(=O)CCN2CCN(c3ccccc3)CC2)c(C)n1C1CCCCC1. The van der Waals surface area contributed by atoms with Crippen LogP contribution in [0.4, 0.5) is 5.69 Å². The van der Waals surface area contributed by atoms with E-state index < -0.39 is 0 Å². The van der Waals surface area contributed by atoms with Crippen LogP contribution < -0.4 is 15.8 Å². The molecule has 1 aliphatic heterocycles. The van der Waals surface area contributed by atoms with Gasteiger partial charge in [-0.05, 0) is 44.9 Å². The Morgan fingerprint density at radius 3 is 2.33 bits per heavy atom. The zero-order valence-corrected chi connectivity index (χ0v) is 20.0. The molecule has 0 radical (unpaired) electrons. The second kappa shape index (κ2) is 10.9. The first-order valence-electron chi connectivity index (χ1n) is 12.3. The molecule has 4 rings (SSSR count). The number of carbonyl (C=O) groups is 2. The van der Waals surface area contributed by atoms with E-state index in [2.05, 4.69) is 56.4 Å². The molecule has 2 N–H and O–H groups in total. The predicted octanol–water partition coefficient (Wildman–Crippen LogP) is 3.58. The highest BCUT2D eigenvalue weighted by Gasteiger charge is 2.23. The van der Waals surface area contributed by atoms with E-state index >= 15 is 0 Å². The fraction of sp³-hybridized carbons (Fsp3) is 0.538. The molecule has 0 bridgehead atoms. The van der Waals surface area contributed by atoms with E-state index in [9.17, 15) is 9.59 Å². The number of hydrazine groups is 1. The summed E-state index contributed by atoms with van der Waals surface area (Å²) >= 11 is 0. The molecule has 2 aromatic rings. The van der Waals surface area contributed by atoms with Gasteiger partial charge in [0.05, 0.1) is 5.56 Å². The maximum atomic E-state index is 12.7. The fourth-order valence-corrected chi connectivity index (χ4v) is 5.29. The van der Waals surface area contributed by atoms with Gasteiger partial charge in [-0.1, -0.05) is 37.5 Å². The fourth-order valence-electron chi connectivity index (χ4n) is 5.29. The molecule has 2 heterocycles. The highest BCUT2D eigenvalue weighted by atomic mass is 16.2. The molecule has 2 amide bonds. The van der Waals surface area contributed by atoms with E-state index in [4.69, 9.17) is 0 Å². The summed E-state index contributed by atoms with van der Waals surface area (Å²) in [6.07, 6.45) is 6.52. The normalized spacial score (nSPS) is 17.7. The summed E-state index contributed by atoms with van der Waals surface area (Å²) in [4.78, 5) is 29.8. The van der Waals surface area contributed by atoms with Crippen LogP contribution in [0.15, 0.2) is 36.4 Å². The summed E-state index contributed by atoms with van der Waals surface area (Å²) < 4.78 is 2.31. The molecule has 2 fully saturated rings. The van der Waals surface area contributed by atoms with E-state index in [1.54, 1.807) is 0 Å². The average Bonchev–Trinajstić information content (AvgIpc) is 3.16. The molecule has 2 aliphatic rings. The Bertz CT molecular complexity index is 941. The van der Waals surface area contributed by atoms with Crippen molar-refractivity contribution in [2.24, 2.45) is 0 Å². The van der Waals surface area contributed by atoms with E-state index in [-0.39, 0.29) is 11.8 Å². The van der Waals surface area contributed by atoms with Crippen molar-refractivity contribution in [1.29, 1.82) is 0 Å². The van der Waals surface area contributed by atoms with Crippen molar-refractivity contribution < 1.29 is 9.59 Å². The molecule has 0 unspecified atom stereocenters. The Kier molecular flexibility index (Phi) is 7.70. The van der Waals surface area contributed by atoms with Crippen molar-refractivity contribution in [2.75, 3.05) is 37.6 Å². The van der Waals surface area contributed by atoms with Crippen LogP contribution >= 0.6 is 0 Å². The second-order valence-corrected chi connectivity index (χ2v) is 9.36. The number of anilines is 1. The molecular weight excluding hydrogens is 414 g/mol. The summed E-state index contributed by atoms with van der Waals surface area (Å²) in [5.41, 5.74) is 9.23. The van der Waals surface area contributed by atoms with E-state index in [0.29, 0.717) is 24.6 Å². The molecule has 1 aliphatic carbocycles. The largest absolute Gasteiger partial charge is 0.369 e. The quantitative estimate of drug-likeness (QED) is 0.659. The Balaban J connectivity index is 1.21. The zero-order valence-electron chi connectivity index (χ0n) is 20.0. The molecule has 33 heavy (non-hydrogen) atoms. The van der Waals surface area contributed by atoms with Crippen LogP contribution in [0.2, 0.25) is 0 Å². The van der Waals surface area contributed by atoms with Crippen molar-refractivity contribution >= 4 is 17.5 Å². The maximum absolute atomic E-state index is 12.7. The Morgan fingerprint density at radius 1 is 0.939 bits per heavy atom. The topological polar surface area (TPSA) is 69.6 Å². The highest BCUT2D eigenvalue weighted by molar-refractivity contribution is 5.96. The smallest absolute Gasteiger partial charge is 0.271 e. The molecule has 1 aromatic carbocycles. The number of amides is 2. The number of hydrogen-bond donors (Lipinski definition) is 2. The van der Waals surface area contributed by atoms with Gasteiger partial charge in [0.15, 0.2) is 0 Å². The summed E-state index contributed by atoms with van der Waals surface area (Å²) in [6, 6.07) is 12.9. The van der Waals surface area contributed by atoms with Gasteiger partial charge in [-0.25, -0.2) is 0 Å². The number of piperazine rings is 1. The number of nitrogens with zero attached hydrogens (tertiary/aromatic N) is 3. The number of aromatic nitrogens is 1. The lowest BCUT2D eigenvalue weighted by atomic mass is 9.95. The number of carbonyl (C=O) groups excluding carboxylic acids is 2. The first-order chi connectivity index (χ1) is 16.0. The van der Waals surface area contributed by atoms with E-state index in [1.165, 1.54) is 37.8 Å². The standard InChI is InChI=1S/C26H37N5O2/c1-20-19-24(21(2)31(20)23-11-7-4-8-12-23)26(33)28-27-25(32)13-14-29-15-17-30(18-16-29)22-9-5-3-6-10-22/h3,5-6,9-10,19,23H,4,7-8,11-18H2,1-2H3,(H,27,32)(H,28,33). The Morgan fingerprint density at radius 2 is 1.64 bits per heavy atom. The van der Waals surface area contributed by atoms with Crippen LogP contribution in [0.25, 0.3) is 0 Å². The van der Waals surface area contributed by atoms with Crippen LogP contribution in [-0.4, -0.2) is 54.0 Å². The zero-order chi connectivity index (χ0) is 23.2. The Hall–Kier alpha value is -2.80. The molecule has 1 aromatic heterocycles. The molecule has 178 valence electrons.